The highest BCUT2D eigenvalue weighted by Gasteiger charge is 2.42. The molecule has 0 heterocycles. The second-order valence-corrected chi connectivity index (χ2v) is 4.81. The molecule has 1 saturated carbocycles. The molecule has 3 unspecified atom stereocenters. The molecular weight excluding hydrogens is 291 g/mol. The van der Waals surface area contributed by atoms with Crippen LogP contribution in [0.25, 0.3) is 0 Å². The van der Waals surface area contributed by atoms with Gasteiger partial charge in [0.2, 0.25) is 0 Å². The van der Waals surface area contributed by atoms with E-state index >= 15 is 0 Å². The predicted molar refractivity (Wildman–Crippen MR) is 64.6 cm³/mol. The second kappa shape index (κ2) is 5.33. The molecule has 0 radical (unpaired) electrons. The maximum absolute atomic E-state index is 13.1. The molecule has 0 bridgehead atoms. The standard InChI is InChI=1S/C12H14BrFO3/c1-2-16-12-9(15)6-11(12)17-10-5-7(14)3-4-8(10)13/h3-5,9,11-12,15H,2,6H2,1H3. The minimum absolute atomic E-state index is 0.219. The number of ether oxygens (including phenoxy) is 2. The van der Waals surface area contributed by atoms with E-state index in [0.29, 0.717) is 23.2 Å². The smallest absolute Gasteiger partial charge is 0.136 e. The SMILES string of the molecule is CCOC1C(O)CC1Oc1cc(F)ccc1Br. The third kappa shape index (κ3) is 2.78. The number of rotatable bonds is 4. The third-order valence-electron chi connectivity index (χ3n) is 2.75. The van der Waals surface area contributed by atoms with Crippen molar-refractivity contribution in [3.8, 4) is 5.75 Å². The van der Waals surface area contributed by atoms with E-state index in [9.17, 15) is 9.50 Å². The fourth-order valence-electron chi connectivity index (χ4n) is 1.81. The molecule has 0 saturated heterocycles. The molecule has 0 spiro atoms. The molecule has 1 aliphatic rings. The van der Waals surface area contributed by atoms with Gasteiger partial charge in [-0.25, -0.2) is 4.39 Å². The molecule has 5 heteroatoms. The molecular formula is C12H14BrFO3. The van der Waals surface area contributed by atoms with Gasteiger partial charge in [0.1, 0.15) is 23.8 Å². The molecule has 3 atom stereocenters. The molecule has 94 valence electrons. The Labute approximate surface area is 108 Å². The zero-order chi connectivity index (χ0) is 12.4. The normalized spacial score (nSPS) is 27.6. The van der Waals surface area contributed by atoms with Gasteiger partial charge in [0.25, 0.3) is 0 Å². The number of aliphatic hydroxyl groups excluding tert-OH is 1. The van der Waals surface area contributed by atoms with Crippen LogP contribution in [0.2, 0.25) is 0 Å². The lowest BCUT2D eigenvalue weighted by molar-refractivity contribution is -0.160. The Morgan fingerprint density at radius 2 is 2.29 bits per heavy atom. The molecule has 1 aromatic carbocycles. The Morgan fingerprint density at radius 3 is 2.94 bits per heavy atom. The molecule has 17 heavy (non-hydrogen) atoms. The Kier molecular flexibility index (Phi) is 4.01. The molecule has 2 rings (SSSR count). The topological polar surface area (TPSA) is 38.7 Å². The predicted octanol–water partition coefficient (Wildman–Crippen LogP) is 2.51. The largest absolute Gasteiger partial charge is 0.486 e. The van der Waals surface area contributed by atoms with E-state index in [1.54, 1.807) is 6.07 Å². The molecule has 3 nitrogen and oxygen atoms in total. The van der Waals surface area contributed by atoms with Gasteiger partial charge in [-0.05, 0) is 35.0 Å². The van der Waals surface area contributed by atoms with E-state index in [1.807, 2.05) is 6.92 Å². The Hall–Kier alpha value is -0.650. The summed E-state index contributed by atoms with van der Waals surface area (Å²) in [5, 5.41) is 9.52. The van der Waals surface area contributed by atoms with Gasteiger partial charge in [-0.15, -0.1) is 0 Å². The highest BCUT2D eigenvalue weighted by atomic mass is 79.9. The van der Waals surface area contributed by atoms with Crippen molar-refractivity contribution in [2.45, 2.75) is 31.7 Å². The van der Waals surface area contributed by atoms with Crippen molar-refractivity contribution in [2.75, 3.05) is 6.61 Å². The van der Waals surface area contributed by atoms with Crippen LogP contribution in [-0.2, 0) is 4.74 Å². The van der Waals surface area contributed by atoms with Crippen LogP contribution in [0.5, 0.6) is 5.75 Å². The van der Waals surface area contributed by atoms with Gasteiger partial charge in [-0.1, -0.05) is 0 Å². The fourth-order valence-corrected chi connectivity index (χ4v) is 2.15. The summed E-state index contributed by atoms with van der Waals surface area (Å²) in [6, 6.07) is 4.26. The maximum Gasteiger partial charge on any atom is 0.136 e. The Balaban J connectivity index is 2.03. The summed E-state index contributed by atoms with van der Waals surface area (Å²) in [4.78, 5) is 0. The van der Waals surface area contributed by atoms with E-state index in [-0.39, 0.29) is 18.0 Å². The highest BCUT2D eigenvalue weighted by molar-refractivity contribution is 9.10. The van der Waals surface area contributed by atoms with Crippen molar-refractivity contribution in [3.63, 3.8) is 0 Å². The Bertz CT molecular complexity index is 399. The Morgan fingerprint density at radius 1 is 1.53 bits per heavy atom. The molecule has 0 aromatic heterocycles. The first kappa shape index (κ1) is 12.8. The van der Waals surface area contributed by atoms with Gasteiger partial charge in [0, 0.05) is 19.1 Å². The van der Waals surface area contributed by atoms with E-state index in [1.165, 1.54) is 12.1 Å². The summed E-state index contributed by atoms with van der Waals surface area (Å²) in [6.07, 6.45) is -0.529. The van der Waals surface area contributed by atoms with Gasteiger partial charge in [-0.3, -0.25) is 0 Å². The number of halogens is 2. The van der Waals surface area contributed by atoms with Gasteiger partial charge < -0.3 is 14.6 Å². The van der Waals surface area contributed by atoms with Crippen molar-refractivity contribution in [3.05, 3.63) is 28.5 Å². The van der Waals surface area contributed by atoms with Crippen molar-refractivity contribution in [1.29, 1.82) is 0 Å². The zero-order valence-electron chi connectivity index (χ0n) is 9.40. The van der Waals surface area contributed by atoms with Crippen LogP contribution in [0.3, 0.4) is 0 Å². The van der Waals surface area contributed by atoms with Crippen molar-refractivity contribution < 1.29 is 19.0 Å². The first-order valence-electron chi connectivity index (χ1n) is 5.53. The lowest BCUT2D eigenvalue weighted by Crippen LogP contribution is -2.55. The van der Waals surface area contributed by atoms with Crippen LogP contribution >= 0.6 is 15.9 Å². The highest BCUT2D eigenvalue weighted by Crippen LogP contribution is 2.33. The quantitative estimate of drug-likeness (QED) is 0.929. The van der Waals surface area contributed by atoms with E-state index in [2.05, 4.69) is 15.9 Å². The number of aliphatic hydroxyl groups is 1. The number of hydrogen-bond acceptors (Lipinski definition) is 3. The first-order chi connectivity index (χ1) is 8.11. The maximum atomic E-state index is 13.1. The molecule has 1 aromatic rings. The summed E-state index contributed by atoms with van der Waals surface area (Å²) < 4.78 is 24.7. The van der Waals surface area contributed by atoms with Gasteiger partial charge in [-0.2, -0.15) is 0 Å². The lowest BCUT2D eigenvalue weighted by Gasteiger charge is -2.40. The minimum Gasteiger partial charge on any atom is -0.486 e. The molecule has 0 amide bonds. The fraction of sp³-hybridized carbons (Fsp3) is 0.500. The van der Waals surface area contributed by atoms with Crippen molar-refractivity contribution in [2.24, 2.45) is 0 Å². The lowest BCUT2D eigenvalue weighted by atomic mass is 9.88. The summed E-state index contributed by atoms with van der Waals surface area (Å²) >= 11 is 3.29. The average molecular weight is 305 g/mol. The summed E-state index contributed by atoms with van der Waals surface area (Å²) in [7, 11) is 0. The zero-order valence-corrected chi connectivity index (χ0v) is 11.0. The number of hydrogen-bond donors (Lipinski definition) is 1. The number of benzene rings is 1. The van der Waals surface area contributed by atoms with E-state index < -0.39 is 6.10 Å². The van der Waals surface area contributed by atoms with E-state index in [0.717, 1.165) is 0 Å². The van der Waals surface area contributed by atoms with Crippen LogP contribution in [0.4, 0.5) is 4.39 Å². The van der Waals surface area contributed by atoms with Gasteiger partial charge in [0.05, 0.1) is 10.6 Å². The summed E-state index contributed by atoms with van der Waals surface area (Å²) in [5.74, 6) is 0.0858. The monoisotopic (exact) mass is 304 g/mol. The van der Waals surface area contributed by atoms with Gasteiger partial charge >= 0.3 is 0 Å². The van der Waals surface area contributed by atoms with Crippen LogP contribution in [0.1, 0.15) is 13.3 Å². The minimum atomic E-state index is -0.493. The van der Waals surface area contributed by atoms with Crippen LogP contribution in [-0.4, -0.2) is 30.0 Å². The molecule has 1 N–H and O–H groups in total. The van der Waals surface area contributed by atoms with Crippen LogP contribution in [0.15, 0.2) is 22.7 Å². The van der Waals surface area contributed by atoms with E-state index in [4.69, 9.17) is 9.47 Å². The molecule has 0 aliphatic heterocycles. The van der Waals surface area contributed by atoms with Crippen molar-refractivity contribution >= 4 is 15.9 Å². The second-order valence-electron chi connectivity index (χ2n) is 3.95. The van der Waals surface area contributed by atoms with Gasteiger partial charge in [0.15, 0.2) is 0 Å². The average Bonchev–Trinajstić information content (AvgIpc) is 2.30. The molecule has 1 aliphatic carbocycles. The van der Waals surface area contributed by atoms with Crippen LogP contribution in [0, 0.1) is 5.82 Å². The summed E-state index contributed by atoms with van der Waals surface area (Å²) in [6.45, 7) is 2.38. The summed E-state index contributed by atoms with van der Waals surface area (Å²) in [5.41, 5.74) is 0. The van der Waals surface area contributed by atoms with Crippen LogP contribution < -0.4 is 4.74 Å². The third-order valence-corrected chi connectivity index (χ3v) is 3.41. The molecule has 1 fully saturated rings. The first-order valence-corrected chi connectivity index (χ1v) is 6.32. The van der Waals surface area contributed by atoms with Crippen molar-refractivity contribution in [1.82, 2.24) is 0 Å².